The highest BCUT2D eigenvalue weighted by molar-refractivity contribution is 5.78. The normalized spacial score (nSPS) is 28.2. The Labute approximate surface area is 85.1 Å². The molecule has 0 spiro atoms. The fourth-order valence-corrected chi connectivity index (χ4v) is 1.84. The quantitative estimate of drug-likeness (QED) is 0.657. The average molecular weight is 200 g/mol. The minimum atomic E-state index is -0.581. The third kappa shape index (κ3) is 2.45. The molecule has 0 aliphatic carbocycles. The third-order valence-electron chi connectivity index (χ3n) is 2.73. The molecule has 0 saturated carbocycles. The summed E-state index contributed by atoms with van der Waals surface area (Å²) in [4.78, 5) is 13.5. The maximum Gasteiger partial charge on any atom is 0.225 e. The second-order valence-corrected chi connectivity index (χ2v) is 4.54. The van der Waals surface area contributed by atoms with Crippen molar-refractivity contribution >= 4 is 5.91 Å². The van der Waals surface area contributed by atoms with E-state index in [1.165, 1.54) is 0 Å². The first-order valence-electron chi connectivity index (χ1n) is 5.17. The molecule has 1 fully saturated rings. The summed E-state index contributed by atoms with van der Waals surface area (Å²) >= 11 is 0. The van der Waals surface area contributed by atoms with Crippen LogP contribution in [0.4, 0.5) is 0 Å². The molecule has 1 amide bonds. The van der Waals surface area contributed by atoms with E-state index in [9.17, 15) is 4.79 Å². The Bertz CT molecular complexity index is 218. The van der Waals surface area contributed by atoms with E-state index < -0.39 is 5.54 Å². The lowest BCUT2D eigenvalue weighted by Crippen LogP contribution is -2.58. The van der Waals surface area contributed by atoms with Gasteiger partial charge in [-0.15, -0.1) is 0 Å². The molecule has 14 heavy (non-hydrogen) atoms. The third-order valence-corrected chi connectivity index (χ3v) is 2.73. The number of piperidine rings is 1. The van der Waals surface area contributed by atoms with Crippen molar-refractivity contribution in [3.8, 4) is 0 Å². The van der Waals surface area contributed by atoms with Gasteiger partial charge < -0.3 is 15.7 Å². The molecular formula is C10H20N2O2. The summed E-state index contributed by atoms with van der Waals surface area (Å²) in [6.07, 6.45) is 1.68. The first-order valence-corrected chi connectivity index (χ1v) is 5.17. The molecule has 1 atom stereocenters. The zero-order valence-corrected chi connectivity index (χ0v) is 8.99. The Morgan fingerprint density at radius 1 is 1.64 bits per heavy atom. The number of aliphatic hydroxyl groups is 1. The van der Waals surface area contributed by atoms with Crippen molar-refractivity contribution in [1.82, 2.24) is 4.90 Å². The van der Waals surface area contributed by atoms with Crippen molar-refractivity contribution in [1.29, 1.82) is 0 Å². The highest BCUT2D eigenvalue weighted by Crippen LogP contribution is 2.19. The highest BCUT2D eigenvalue weighted by atomic mass is 16.3. The van der Waals surface area contributed by atoms with Crippen LogP contribution in [0.3, 0.4) is 0 Å². The van der Waals surface area contributed by atoms with Crippen LogP contribution in [0.5, 0.6) is 0 Å². The predicted molar refractivity (Wildman–Crippen MR) is 54.7 cm³/mol. The summed E-state index contributed by atoms with van der Waals surface area (Å²) in [5, 5.41) is 9.13. The van der Waals surface area contributed by atoms with Crippen LogP contribution < -0.4 is 5.73 Å². The summed E-state index contributed by atoms with van der Waals surface area (Å²) < 4.78 is 0. The number of hydrogen-bond acceptors (Lipinski definition) is 3. The maximum absolute atomic E-state index is 11.7. The van der Waals surface area contributed by atoms with E-state index in [1.54, 1.807) is 4.90 Å². The van der Waals surface area contributed by atoms with Gasteiger partial charge in [0, 0.05) is 19.0 Å². The first kappa shape index (κ1) is 11.5. The van der Waals surface area contributed by atoms with Crippen molar-refractivity contribution < 1.29 is 9.90 Å². The predicted octanol–water partition coefficient (Wildman–Crippen LogP) is -0.0454. The molecule has 4 nitrogen and oxygen atoms in total. The number of rotatable bonds is 2. The van der Waals surface area contributed by atoms with E-state index in [1.807, 2.05) is 13.8 Å². The van der Waals surface area contributed by atoms with Gasteiger partial charge in [-0.05, 0) is 12.8 Å². The van der Waals surface area contributed by atoms with Gasteiger partial charge in [0.05, 0.1) is 12.1 Å². The number of likely N-dealkylation sites (tertiary alicyclic amines) is 1. The van der Waals surface area contributed by atoms with E-state index in [2.05, 4.69) is 0 Å². The summed E-state index contributed by atoms with van der Waals surface area (Å²) in [5.41, 5.74) is 5.36. The maximum atomic E-state index is 11.7. The second kappa shape index (κ2) is 4.28. The molecule has 1 heterocycles. The van der Waals surface area contributed by atoms with E-state index in [0.29, 0.717) is 6.54 Å². The van der Waals surface area contributed by atoms with Gasteiger partial charge in [-0.25, -0.2) is 0 Å². The Morgan fingerprint density at radius 2 is 2.29 bits per heavy atom. The summed E-state index contributed by atoms with van der Waals surface area (Å²) in [7, 11) is 0. The van der Waals surface area contributed by atoms with Crippen LogP contribution in [0.2, 0.25) is 0 Å². The van der Waals surface area contributed by atoms with Crippen molar-refractivity contribution in [3.63, 3.8) is 0 Å². The molecule has 1 aliphatic rings. The molecule has 1 saturated heterocycles. The van der Waals surface area contributed by atoms with Crippen LogP contribution in [0, 0.1) is 5.92 Å². The van der Waals surface area contributed by atoms with E-state index in [0.717, 1.165) is 19.4 Å². The molecule has 3 N–H and O–H groups in total. The van der Waals surface area contributed by atoms with Gasteiger partial charge in [0.25, 0.3) is 0 Å². The van der Waals surface area contributed by atoms with Crippen LogP contribution in [0.25, 0.3) is 0 Å². The lowest BCUT2D eigenvalue weighted by Gasteiger charge is -2.39. The van der Waals surface area contributed by atoms with Gasteiger partial charge in [-0.1, -0.05) is 13.8 Å². The van der Waals surface area contributed by atoms with E-state index in [4.69, 9.17) is 10.8 Å². The Hall–Kier alpha value is -0.610. The topological polar surface area (TPSA) is 66.6 Å². The molecule has 1 unspecified atom stereocenters. The van der Waals surface area contributed by atoms with Crippen LogP contribution >= 0.6 is 0 Å². The molecule has 0 bridgehead atoms. The molecular weight excluding hydrogens is 180 g/mol. The van der Waals surface area contributed by atoms with E-state index >= 15 is 0 Å². The molecule has 0 aromatic heterocycles. The Morgan fingerprint density at radius 3 is 2.79 bits per heavy atom. The Kier molecular flexibility index (Phi) is 3.50. The fraction of sp³-hybridized carbons (Fsp3) is 0.900. The average Bonchev–Trinajstić information content (AvgIpc) is 2.16. The van der Waals surface area contributed by atoms with Crippen molar-refractivity contribution in [2.24, 2.45) is 11.7 Å². The number of amides is 1. The monoisotopic (exact) mass is 200 g/mol. The van der Waals surface area contributed by atoms with Crippen LogP contribution in [0.15, 0.2) is 0 Å². The Balaban J connectivity index is 2.60. The first-order chi connectivity index (χ1) is 6.48. The number of nitrogens with zero attached hydrogens (tertiary/aromatic N) is 1. The summed E-state index contributed by atoms with van der Waals surface area (Å²) in [5.74, 6) is 0.143. The van der Waals surface area contributed by atoms with Gasteiger partial charge in [-0.3, -0.25) is 4.79 Å². The van der Waals surface area contributed by atoms with Gasteiger partial charge in [0.1, 0.15) is 0 Å². The van der Waals surface area contributed by atoms with E-state index in [-0.39, 0.29) is 18.4 Å². The molecule has 0 radical (unpaired) electrons. The molecule has 1 rings (SSSR count). The molecule has 4 heteroatoms. The zero-order chi connectivity index (χ0) is 10.8. The molecule has 0 aromatic rings. The SMILES string of the molecule is CC(C)C(=O)N1CCCC(N)(CO)C1. The number of nitrogens with two attached hydrogens (primary N) is 1. The largest absolute Gasteiger partial charge is 0.394 e. The summed E-state index contributed by atoms with van der Waals surface area (Å²) in [6.45, 7) is 4.98. The van der Waals surface area contributed by atoms with Crippen molar-refractivity contribution in [2.75, 3.05) is 19.7 Å². The van der Waals surface area contributed by atoms with Crippen LogP contribution in [0.1, 0.15) is 26.7 Å². The zero-order valence-electron chi connectivity index (χ0n) is 8.99. The lowest BCUT2D eigenvalue weighted by atomic mass is 9.90. The van der Waals surface area contributed by atoms with Gasteiger partial charge in [0.15, 0.2) is 0 Å². The van der Waals surface area contributed by atoms with Gasteiger partial charge in [0.2, 0.25) is 5.91 Å². The van der Waals surface area contributed by atoms with Crippen molar-refractivity contribution in [3.05, 3.63) is 0 Å². The number of carbonyl (C=O) groups excluding carboxylic acids is 1. The van der Waals surface area contributed by atoms with Crippen molar-refractivity contribution in [2.45, 2.75) is 32.2 Å². The van der Waals surface area contributed by atoms with Gasteiger partial charge in [-0.2, -0.15) is 0 Å². The molecule has 1 aliphatic heterocycles. The van der Waals surface area contributed by atoms with Gasteiger partial charge >= 0.3 is 0 Å². The minimum Gasteiger partial charge on any atom is -0.394 e. The highest BCUT2D eigenvalue weighted by Gasteiger charge is 2.33. The fourth-order valence-electron chi connectivity index (χ4n) is 1.84. The van der Waals surface area contributed by atoms with Crippen LogP contribution in [-0.4, -0.2) is 41.1 Å². The second-order valence-electron chi connectivity index (χ2n) is 4.54. The molecule has 82 valence electrons. The number of hydrogen-bond donors (Lipinski definition) is 2. The summed E-state index contributed by atoms with van der Waals surface area (Å²) in [6, 6.07) is 0. The number of aliphatic hydroxyl groups excluding tert-OH is 1. The molecule has 0 aromatic carbocycles. The number of carbonyl (C=O) groups is 1. The standard InChI is InChI=1S/C10H20N2O2/c1-8(2)9(14)12-5-3-4-10(11,6-12)7-13/h8,13H,3-7,11H2,1-2H3. The smallest absolute Gasteiger partial charge is 0.225 e. The van der Waals surface area contributed by atoms with Crippen LogP contribution in [-0.2, 0) is 4.79 Å². The lowest BCUT2D eigenvalue weighted by molar-refractivity contribution is -0.137. The minimum absolute atomic E-state index is 0.0102.